The van der Waals surface area contributed by atoms with E-state index < -0.39 is 0 Å². The summed E-state index contributed by atoms with van der Waals surface area (Å²) >= 11 is 0. The molecular formula is C23H38N6. The highest BCUT2D eigenvalue weighted by Crippen LogP contribution is 2.24. The Bertz CT molecular complexity index is 629. The average molecular weight is 399 g/mol. The second-order valence-electron chi connectivity index (χ2n) is 9.15. The van der Waals surface area contributed by atoms with Gasteiger partial charge < -0.3 is 19.6 Å². The van der Waals surface area contributed by atoms with Gasteiger partial charge >= 0.3 is 5.70 Å². The van der Waals surface area contributed by atoms with Gasteiger partial charge in [0, 0.05) is 45.3 Å². The standard InChI is InChI=1S/C23H38N6/c1-20-8-4-10-26(19-20)11-6-14-28-16-17-29(23(28)22(18-24)25-3)15-7-13-27-12-5-9-21(27)2/h20-21H,4-17,19H2,1-2H3. The van der Waals surface area contributed by atoms with Crippen molar-refractivity contribution in [2.24, 2.45) is 5.92 Å². The maximum absolute atomic E-state index is 9.52. The van der Waals surface area contributed by atoms with Crippen LogP contribution in [0.5, 0.6) is 0 Å². The molecule has 3 saturated heterocycles. The summed E-state index contributed by atoms with van der Waals surface area (Å²) in [5.41, 5.74) is 0.267. The molecule has 6 nitrogen and oxygen atoms in total. The van der Waals surface area contributed by atoms with Gasteiger partial charge in [0.1, 0.15) is 5.82 Å². The van der Waals surface area contributed by atoms with Crippen molar-refractivity contribution < 1.29 is 0 Å². The van der Waals surface area contributed by atoms with E-state index in [0.717, 1.165) is 63.8 Å². The normalized spacial score (nSPS) is 27.9. The zero-order chi connectivity index (χ0) is 20.6. The lowest BCUT2D eigenvalue weighted by molar-refractivity contribution is 0.175. The summed E-state index contributed by atoms with van der Waals surface area (Å²) in [7, 11) is 0. The molecule has 0 aromatic carbocycles. The minimum atomic E-state index is 0.267. The number of likely N-dealkylation sites (tertiary alicyclic amines) is 2. The Balaban J connectivity index is 1.51. The maximum Gasteiger partial charge on any atom is 0.300 e. The topological polar surface area (TPSA) is 41.1 Å². The summed E-state index contributed by atoms with van der Waals surface area (Å²) in [6.07, 6.45) is 7.51. The third kappa shape index (κ3) is 5.87. The van der Waals surface area contributed by atoms with E-state index in [0.29, 0.717) is 6.04 Å². The van der Waals surface area contributed by atoms with Crippen LogP contribution in [0.15, 0.2) is 11.5 Å². The van der Waals surface area contributed by atoms with Gasteiger partial charge in [0.25, 0.3) is 0 Å². The lowest BCUT2D eigenvalue weighted by Gasteiger charge is -2.32. The van der Waals surface area contributed by atoms with Crippen LogP contribution in [0.3, 0.4) is 0 Å². The monoisotopic (exact) mass is 398 g/mol. The van der Waals surface area contributed by atoms with Crippen molar-refractivity contribution in [1.82, 2.24) is 19.6 Å². The first-order valence-electron chi connectivity index (χ1n) is 11.6. The summed E-state index contributed by atoms with van der Waals surface area (Å²) in [6.45, 7) is 21.8. The number of rotatable bonds is 8. The minimum absolute atomic E-state index is 0.267. The molecule has 29 heavy (non-hydrogen) atoms. The quantitative estimate of drug-likeness (QED) is 0.464. The van der Waals surface area contributed by atoms with Crippen molar-refractivity contribution in [3.8, 4) is 6.07 Å². The number of nitriles is 1. The second kappa shape index (κ2) is 10.9. The number of piperidine rings is 1. The first kappa shape index (κ1) is 21.9. The third-order valence-corrected chi connectivity index (χ3v) is 6.88. The fourth-order valence-electron chi connectivity index (χ4n) is 5.28. The zero-order valence-corrected chi connectivity index (χ0v) is 18.4. The fraction of sp³-hybridized carbons (Fsp3) is 0.826. The second-order valence-corrected chi connectivity index (χ2v) is 9.15. The average Bonchev–Trinajstić information content (AvgIpc) is 3.30. The minimum Gasteiger partial charge on any atom is -0.365 e. The van der Waals surface area contributed by atoms with Crippen LogP contribution in [0.2, 0.25) is 0 Å². The van der Waals surface area contributed by atoms with Crippen LogP contribution < -0.4 is 0 Å². The van der Waals surface area contributed by atoms with Crippen LogP contribution in [0.4, 0.5) is 0 Å². The zero-order valence-electron chi connectivity index (χ0n) is 18.4. The molecule has 0 radical (unpaired) electrons. The van der Waals surface area contributed by atoms with Crippen molar-refractivity contribution in [3.63, 3.8) is 0 Å². The SMILES string of the molecule is [C-]#[N+]C(C#N)=C1N(CCCN2CCCC(C)C2)CCN1CCCN1CCCC1C. The van der Waals surface area contributed by atoms with Gasteiger partial charge in [-0.2, -0.15) is 0 Å². The Morgan fingerprint density at radius 3 is 2.28 bits per heavy atom. The van der Waals surface area contributed by atoms with Crippen LogP contribution in [0, 0.1) is 23.8 Å². The Morgan fingerprint density at radius 2 is 1.69 bits per heavy atom. The van der Waals surface area contributed by atoms with E-state index in [-0.39, 0.29) is 5.70 Å². The van der Waals surface area contributed by atoms with Gasteiger partial charge in [0.2, 0.25) is 0 Å². The van der Waals surface area contributed by atoms with E-state index >= 15 is 0 Å². The van der Waals surface area contributed by atoms with Gasteiger partial charge in [-0.25, -0.2) is 10.1 Å². The lowest BCUT2D eigenvalue weighted by atomic mass is 10.0. The third-order valence-electron chi connectivity index (χ3n) is 6.88. The number of hydrogen-bond donors (Lipinski definition) is 0. The molecule has 2 atom stereocenters. The molecular weight excluding hydrogens is 360 g/mol. The molecule has 0 saturated carbocycles. The molecule has 3 heterocycles. The molecule has 0 amide bonds. The van der Waals surface area contributed by atoms with Crippen molar-refractivity contribution in [3.05, 3.63) is 22.9 Å². The highest BCUT2D eigenvalue weighted by molar-refractivity contribution is 5.33. The summed E-state index contributed by atoms with van der Waals surface area (Å²) in [6, 6.07) is 2.86. The van der Waals surface area contributed by atoms with Crippen molar-refractivity contribution >= 4 is 0 Å². The van der Waals surface area contributed by atoms with Crippen molar-refractivity contribution in [1.29, 1.82) is 5.26 Å². The Labute approximate surface area is 177 Å². The van der Waals surface area contributed by atoms with Crippen LogP contribution in [-0.2, 0) is 0 Å². The molecule has 0 aromatic rings. The molecule has 3 aliphatic rings. The van der Waals surface area contributed by atoms with Gasteiger partial charge in [-0.15, -0.1) is 0 Å². The van der Waals surface area contributed by atoms with E-state index in [2.05, 4.69) is 44.4 Å². The Kier molecular flexibility index (Phi) is 8.21. The maximum atomic E-state index is 9.52. The predicted octanol–water partition coefficient (Wildman–Crippen LogP) is 3.21. The summed E-state index contributed by atoms with van der Waals surface area (Å²) in [5, 5.41) is 9.52. The number of hydrogen-bond acceptors (Lipinski definition) is 5. The molecule has 2 unspecified atom stereocenters. The number of nitrogens with zero attached hydrogens (tertiary/aromatic N) is 6. The molecule has 3 aliphatic heterocycles. The Morgan fingerprint density at radius 1 is 1.00 bits per heavy atom. The van der Waals surface area contributed by atoms with Crippen LogP contribution in [0.25, 0.3) is 4.85 Å². The van der Waals surface area contributed by atoms with E-state index in [1.54, 1.807) is 0 Å². The molecule has 3 fully saturated rings. The summed E-state index contributed by atoms with van der Waals surface area (Å²) < 4.78 is 0. The molecule has 0 aliphatic carbocycles. The van der Waals surface area contributed by atoms with Crippen molar-refractivity contribution in [2.75, 3.05) is 58.9 Å². The van der Waals surface area contributed by atoms with Crippen LogP contribution >= 0.6 is 0 Å². The molecule has 0 spiro atoms. The molecule has 0 bridgehead atoms. The van der Waals surface area contributed by atoms with E-state index in [4.69, 9.17) is 6.57 Å². The summed E-state index contributed by atoms with van der Waals surface area (Å²) in [4.78, 5) is 13.3. The highest BCUT2D eigenvalue weighted by Gasteiger charge is 2.28. The molecule has 6 heteroatoms. The molecule has 160 valence electrons. The summed E-state index contributed by atoms with van der Waals surface area (Å²) in [5.74, 6) is 1.70. The molecule has 3 rings (SSSR count). The van der Waals surface area contributed by atoms with Crippen LogP contribution in [-0.4, -0.2) is 84.5 Å². The van der Waals surface area contributed by atoms with Gasteiger partial charge in [0.15, 0.2) is 0 Å². The Hall–Kier alpha value is -1.76. The smallest absolute Gasteiger partial charge is 0.300 e. The van der Waals surface area contributed by atoms with Gasteiger partial charge in [0.05, 0.1) is 12.6 Å². The molecule has 0 N–H and O–H groups in total. The molecule has 0 aromatic heterocycles. The van der Waals surface area contributed by atoms with E-state index in [1.807, 2.05) is 0 Å². The predicted molar refractivity (Wildman–Crippen MR) is 117 cm³/mol. The van der Waals surface area contributed by atoms with Gasteiger partial charge in [-0.1, -0.05) is 6.92 Å². The lowest BCUT2D eigenvalue weighted by Crippen LogP contribution is -2.36. The van der Waals surface area contributed by atoms with E-state index in [9.17, 15) is 5.26 Å². The fourth-order valence-corrected chi connectivity index (χ4v) is 5.28. The van der Waals surface area contributed by atoms with Gasteiger partial charge in [-0.05, 0) is 71.0 Å². The first-order valence-corrected chi connectivity index (χ1v) is 11.6. The highest BCUT2D eigenvalue weighted by atomic mass is 15.4. The van der Waals surface area contributed by atoms with Crippen molar-refractivity contribution in [2.45, 2.75) is 58.4 Å². The van der Waals surface area contributed by atoms with Crippen LogP contribution in [0.1, 0.15) is 52.4 Å². The largest absolute Gasteiger partial charge is 0.365 e. The van der Waals surface area contributed by atoms with E-state index in [1.165, 1.54) is 45.3 Å². The number of allylic oxidation sites excluding steroid dienone is 1. The first-order chi connectivity index (χ1) is 14.1. The van der Waals surface area contributed by atoms with Gasteiger partial charge in [-0.3, -0.25) is 0 Å².